The zero-order valence-electron chi connectivity index (χ0n) is 35.7. The number of halogens is 8. The maximum Gasteiger partial charge on any atom is 0.416 e. The molecule has 0 unspecified atom stereocenters. The third-order valence-electron chi connectivity index (χ3n) is 10.5. The van der Waals surface area contributed by atoms with Crippen LogP contribution in [0.4, 0.5) is 35.1 Å². The Hall–Kier alpha value is -5.59. The number of hydrogen-bond acceptors (Lipinski definition) is 9. The molecule has 6 rings (SSSR count). The van der Waals surface area contributed by atoms with Gasteiger partial charge in [-0.1, -0.05) is 45.9 Å². The van der Waals surface area contributed by atoms with E-state index in [2.05, 4.69) is 19.9 Å². The third kappa shape index (κ3) is 12.6. The van der Waals surface area contributed by atoms with Gasteiger partial charge in [0.25, 0.3) is 0 Å². The van der Waals surface area contributed by atoms with Gasteiger partial charge in [-0.25, -0.2) is 18.4 Å². The van der Waals surface area contributed by atoms with Crippen LogP contribution in [0.2, 0.25) is 0 Å². The highest BCUT2D eigenvalue weighted by molar-refractivity contribution is 7.86. The second-order valence-electron chi connectivity index (χ2n) is 16.1. The Morgan fingerprint density at radius 3 is 1.52 bits per heavy atom. The third-order valence-corrected chi connectivity index (χ3v) is 11.0. The second-order valence-corrected chi connectivity index (χ2v) is 17.7. The van der Waals surface area contributed by atoms with Crippen molar-refractivity contribution >= 4 is 33.2 Å². The van der Waals surface area contributed by atoms with Crippen LogP contribution in [0.3, 0.4) is 0 Å². The summed E-state index contributed by atoms with van der Waals surface area (Å²) in [5.74, 6) is -2.64. The minimum Gasteiger partial charge on any atom is -0.465 e. The average Bonchev–Trinajstić information content (AvgIpc) is 3.75. The normalized spacial score (nSPS) is 15.5. The van der Waals surface area contributed by atoms with Crippen LogP contribution < -0.4 is 4.18 Å². The molecule has 18 heteroatoms. The van der Waals surface area contributed by atoms with Crippen molar-refractivity contribution in [2.24, 2.45) is 10.8 Å². The fourth-order valence-electron chi connectivity index (χ4n) is 7.22. The molecule has 0 bridgehead atoms. The lowest BCUT2D eigenvalue weighted by molar-refractivity contribution is -0.138. The van der Waals surface area contributed by atoms with E-state index in [1.807, 2.05) is 19.9 Å². The van der Waals surface area contributed by atoms with Gasteiger partial charge in [-0.3, -0.25) is 0 Å². The lowest BCUT2D eigenvalue weighted by atomic mass is 9.79. The number of methoxy groups -OCH3 is 2. The fourth-order valence-corrected chi connectivity index (χ4v) is 7.69. The van der Waals surface area contributed by atoms with Gasteiger partial charge in [-0.2, -0.15) is 34.8 Å². The minimum absolute atomic E-state index is 0.107. The number of carbonyl (C=O) groups is 2. The molecule has 2 N–H and O–H groups in total. The molecular weight excluding hydrogens is 881 g/mol. The Morgan fingerprint density at radius 2 is 1.08 bits per heavy atom. The van der Waals surface area contributed by atoms with Gasteiger partial charge in [0, 0.05) is 16.7 Å². The molecule has 4 aromatic carbocycles. The zero-order valence-corrected chi connectivity index (χ0v) is 36.5. The van der Waals surface area contributed by atoms with E-state index in [1.54, 1.807) is 12.1 Å². The summed E-state index contributed by atoms with van der Waals surface area (Å²) >= 11 is 0. The summed E-state index contributed by atoms with van der Waals surface area (Å²) in [6.45, 7) is 8.20. The topological polar surface area (TPSA) is 136 Å². The molecule has 346 valence electrons. The van der Waals surface area contributed by atoms with Crippen molar-refractivity contribution in [1.29, 1.82) is 0 Å². The first-order chi connectivity index (χ1) is 29.5. The molecule has 0 saturated carbocycles. The maximum absolute atomic E-state index is 14.5. The number of allylic oxidation sites excluding steroid dienone is 4. The van der Waals surface area contributed by atoms with Crippen LogP contribution in [0.1, 0.15) is 108 Å². The van der Waals surface area contributed by atoms with Gasteiger partial charge in [-0.05, 0) is 126 Å². The molecule has 0 spiro atoms. The molecule has 0 fully saturated rings. The number of rotatable bonds is 8. The first-order valence-corrected chi connectivity index (χ1v) is 21.2. The summed E-state index contributed by atoms with van der Waals surface area (Å²) in [5, 5.41) is 17.1. The van der Waals surface area contributed by atoms with Crippen molar-refractivity contribution in [3.8, 4) is 16.9 Å². The number of benzene rings is 4. The largest absolute Gasteiger partial charge is 0.465 e. The van der Waals surface area contributed by atoms with Crippen LogP contribution in [0.25, 0.3) is 22.3 Å². The first kappa shape index (κ1) is 51.0. The molecule has 0 heterocycles. The summed E-state index contributed by atoms with van der Waals surface area (Å²) in [7, 11) is -1.09. The zero-order chi connectivity index (χ0) is 48.2. The van der Waals surface area contributed by atoms with Crippen molar-refractivity contribution in [2.45, 2.75) is 72.0 Å². The molecule has 2 aliphatic rings. The molecule has 4 aromatic rings. The Kier molecular flexibility index (Phi) is 15.7. The highest BCUT2D eigenvalue weighted by Crippen LogP contribution is 2.49. The van der Waals surface area contributed by atoms with Crippen molar-refractivity contribution in [2.75, 3.05) is 20.5 Å². The summed E-state index contributed by atoms with van der Waals surface area (Å²) in [5.41, 5.74) is 0.627. The Labute approximate surface area is 365 Å². The quantitative estimate of drug-likeness (QED) is 0.0766. The highest BCUT2D eigenvalue weighted by atomic mass is 32.2. The second kappa shape index (κ2) is 19.7. The number of aliphatic hydroxyl groups excluding tert-OH is 1. The smallest absolute Gasteiger partial charge is 0.416 e. The van der Waals surface area contributed by atoms with Crippen molar-refractivity contribution in [1.82, 2.24) is 0 Å². The molecule has 64 heavy (non-hydrogen) atoms. The molecule has 9 nitrogen and oxygen atoms in total. The lowest BCUT2D eigenvalue weighted by Gasteiger charge is -2.25. The van der Waals surface area contributed by atoms with E-state index in [9.17, 15) is 53.1 Å². The van der Waals surface area contributed by atoms with Crippen molar-refractivity contribution < 1.29 is 77.0 Å². The van der Waals surface area contributed by atoms with Crippen LogP contribution in [0.15, 0.2) is 84.9 Å². The lowest BCUT2D eigenvalue weighted by Crippen LogP contribution is -2.13. The molecule has 0 radical (unpaired) electrons. The standard InChI is InChI=1S/C22H20F4O2.C16H20O5S.C8H6F4O2/c1-21(2)10-4-5-18(21)16-11-13(20(27)28-3)6-8-15(16)17-12-14(22(24,25)26)7-9-19(17)23;1-16(2)9-5-6-13(16)12-10-11(15(17)20-3)7-8-14(12)21-22(4,18)19;9-6-2-1-4(8(10,11)12)3-5(6)7(13)14/h5-9,11-12H,4,10H2,1-3H3;6-8,10H,5,9H2,1-4H3;1-3,7,13-14H. The van der Waals surface area contributed by atoms with E-state index in [-0.39, 0.29) is 27.7 Å². The van der Waals surface area contributed by atoms with Gasteiger partial charge in [0.15, 0.2) is 6.29 Å². The van der Waals surface area contributed by atoms with Crippen LogP contribution in [-0.2, 0) is 31.9 Å². The Bertz CT molecular complexity index is 2560. The summed E-state index contributed by atoms with van der Waals surface area (Å²) in [4.78, 5) is 23.7. The van der Waals surface area contributed by atoms with Crippen LogP contribution in [0, 0.1) is 22.5 Å². The van der Waals surface area contributed by atoms with E-state index in [4.69, 9.17) is 23.9 Å². The number of hydrogen-bond donors (Lipinski definition) is 2. The average molecular weight is 927 g/mol. The summed E-state index contributed by atoms with van der Waals surface area (Å²) in [6.07, 6.45) is -2.89. The fraction of sp³-hybridized carbons (Fsp3) is 0.348. The maximum atomic E-state index is 14.5. The molecule has 0 atom stereocenters. The van der Waals surface area contributed by atoms with Crippen LogP contribution in [0.5, 0.6) is 5.75 Å². The molecule has 2 aliphatic carbocycles. The SMILES string of the molecule is COC(=O)c1ccc(-c2cc(C(F)(F)F)ccc2F)c(C2=CCCC2(C)C)c1.COC(=O)c1ccc(OS(C)(=O)=O)c(C2=CCCC2(C)C)c1.OC(O)c1cc(C(F)(F)F)ccc1F. The predicted molar refractivity (Wildman–Crippen MR) is 222 cm³/mol. The highest BCUT2D eigenvalue weighted by Gasteiger charge is 2.35. The first-order valence-electron chi connectivity index (χ1n) is 19.4. The Balaban J connectivity index is 0.000000223. The van der Waals surface area contributed by atoms with Crippen LogP contribution >= 0.6 is 0 Å². The molecule has 0 amide bonds. The van der Waals surface area contributed by atoms with Gasteiger partial charge in [0.2, 0.25) is 0 Å². The summed E-state index contributed by atoms with van der Waals surface area (Å²) in [6, 6.07) is 12.9. The van der Waals surface area contributed by atoms with E-state index in [0.29, 0.717) is 40.5 Å². The molecule has 0 aromatic heterocycles. The molecule has 0 saturated heterocycles. The van der Waals surface area contributed by atoms with Gasteiger partial charge in [0.1, 0.15) is 17.4 Å². The molecule has 0 aliphatic heterocycles. The van der Waals surface area contributed by atoms with Crippen molar-refractivity contribution in [3.63, 3.8) is 0 Å². The van der Waals surface area contributed by atoms with E-state index in [0.717, 1.165) is 61.3 Å². The number of alkyl halides is 6. The monoisotopic (exact) mass is 926 g/mol. The number of esters is 2. The minimum atomic E-state index is -4.63. The molecular formula is C46H46F8O9S. The van der Waals surface area contributed by atoms with Crippen LogP contribution in [-0.4, -0.2) is 51.0 Å². The van der Waals surface area contributed by atoms with Gasteiger partial charge >= 0.3 is 34.4 Å². The van der Waals surface area contributed by atoms with E-state index >= 15 is 0 Å². The number of aliphatic hydroxyl groups is 2. The van der Waals surface area contributed by atoms with Gasteiger partial charge in [0.05, 0.1) is 42.7 Å². The van der Waals surface area contributed by atoms with Crippen molar-refractivity contribution in [3.05, 3.63) is 136 Å². The van der Waals surface area contributed by atoms with E-state index < -0.39 is 69.0 Å². The Morgan fingerprint density at radius 1 is 0.625 bits per heavy atom. The number of ether oxygens (including phenoxy) is 2. The van der Waals surface area contributed by atoms with E-state index in [1.165, 1.54) is 38.5 Å². The summed E-state index contributed by atoms with van der Waals surface area (Å²) < 4.78 is 140. The van der Waals surface area contributed by atoms with Gasteiger partial charge in [-0.15, -0.1) is 0 Å². The number of carbonyl (C=O) groups excluding carboxylic acids is 2. The predicted octanol–water partition coefficient (Wildman–Crippen LogP) is 11.3. The van der Waals surface area contributed by atoms with Gasteiger partial charge < -0.3 is 23.9 Å².